The molecule has 6 atom stereocenters. The predicted octanol–water partition coefficient (Wildman–Crippen LogP) is 4.99. The summed E-state index contributed by atoms with van der Waals surface area (Å²) in [7, 11) is 0. The number of carboxylic acid groups (broad SMARTS) is 2. The van der Waals surface area contributed by atoms with Crippen LogP contribution < -0.4 is 0 Å². The summed E-state index contributed by atoms with van der Waals surface area (Å²) in [6.07, 6.45) is 7.15. The maximum absolute atomic E-state index is 11.8. The minimum Gasteiger partial charge on any atom is -0.481 e. The third-order valence-electron chi connectivity index (χ3n) is 6.34. The van der Waals surface area contributed by atoms with E-state index in [4.69, 9.17) is 0 Å². The molecule has 1 saturated carbocycles. The van der Waals surface area contributed by atoms with Gasteiger partial charge in [0.15, 0.2) is 0 Å². The lowest BCUT2D eigenvalue weighted by Gasteiger charge is -2.32. The highest BCUT2D eigenvalue weighted by atomic mass is 16.4. The minimum absolute atomic E-state index is 0.0632. The highest BCUT2D eigenvalue weighted by molar-refractivity contribution is 5.83. The summed E-state index contributed by atoms with van der Waals surface area (Å²) in [4.78, 5) is 23.6. The number of hydrogen-bond donors (Lipinski definition) is 2. The standard InChI is InChI=1S/C21H34O4/c1-5-7-12(3)9-14-15(10-13(4)8-6-2)17-11-16(14)18(20(22)23)19(17)21(24)25/h12-13,16-19H,5-11H2,1-4H3,(H,22,23)(H,24,25). The second-order valence-corrected chi connectivity index (χ2v) is 8.42. The van der Waals surface area contributed by atoms with Gasteiger partial charge in [0.1, 0.15) is 0 Å². The van der Waals surface area contributed by atoms with Gasteiger partial charge in [0, 0.05) is 0 Å². The average molecular weight is 350 g/mol. The van der Waals surface area contributed by atoms with Gasteiger partial charge in [0.2, 0.25) is 0 Å². The van der Waals surface area contributed by atoms with Crippen molar-refractivity contribution >= 4 is 11.9 Å². The number of allylic oxidation sites excluding steroid dienone is 2. The Balaban J connectivity index is 2.35. The van der Waals surface area contributed by atoms with E-state index in [9.17, 15) is 19.8 Å². The molecule has 6 unspecified atom stereocenters. The summed E-state index contributed by atoms with van der Waals surface area (Å²) >= 11 is 0. The first kappa shape index (κ1) is 20.0. The molecule has 0 aromatic heterocycles. The van der Waals surface area contributed by atoms with E-state index >= 15 is 0 Å². The largest absolute Gasteiger partial charge is 0.481 e. The molecule has 0 aromatic carbocycles. The number of rotatable bonds is 10. The van der Waals surface area contributed by atoms with Crippen LogP contribution in [0, 0.1) is 35.5 Å². The molecule has 25 heavy (non-hydrogen) atoms. The Morgan fingerprint density at radius 2 is 1.24 bits per heavy atom. The molecule has 0 spiro atoms. The lowest BCUT2D eigenvalue weighted by molar-refractivity contribution is -0.154. The van der Waals surface area contributed by atoms with Gasteiger partial charge in [-0.15, -0.1) is 0 Å². The lowest BCUT2D eigenvalue weighted by atomic mass is 9.71. The number of carboxylic acids is 2. The van der Waals surface area contributed by atoms with Gasteiger partial charge in [-0.2, -0.15) is 0 Å². The summed E-state index contributed by atoms with van der Waals surface area (Å²) in [6.45, 7) is 8.83. The van der Waals surface area contributed by atoms with Gasteiger partial charge in [-0.1, -0.05) is 64.5 Å². The van der Waals surface area contributed by atoms with Crippen LogP contribution in [0.3, 0.4) is 0 Å². The Bertz CT molecular complexity index is 490. The maximum Gasteiger partial charge on any atom is 0.308 e. The molecule has 2 bridgehead atoms. The summed E-state index contributed by atoms with van der Waals surface area (Å²) < 4.78 is 0. The van der Waals surface area contributed by atoms with Gasteiger partial charge in [0.05, 0.1) is 11.8 Å². The molecular weight excluding hydrogens is 316 g/mol. The Morgan fingerprint density at radius 3 is 1.52 bits per heavy atom. The highest BCUT2D eigenvalue weighted by Gasteiger charge is 2.57. The maximum atomic E-state index is 11.8. The van der Waals surface area contributed by atoms with Crippen molar-refractivity contribution in [1.29, 1.82) is 0 Å². The first-order valence-corrected chi connectivity index (χ1v) is 9.99. The smallest absolute Gasteiger partial charge is 0.308 e. The Hall–Kier alpha value is -1.32. The predicted molar refractivity (Wildman–Crippen MR) is 98.3 cm³/mol. The molecule has 2 N–H and O–H groups in total. The van der Waals surface area contributed by atoms with Gasteiger partial charge >= 0.3 is 11.9 Å². The van der Waals surface area contributed by atoms with E-state index in [1.165, 1.54) is 11.1 Å². The van der Waals surface area contributed by atoms with Crippen molar-refractivity contribution < 1.29 is 19.8 Å². The SMILES string of the molecule is CCCC(C)CC1=C(CC(C)CCC)C2CC1C(C(=O)O)C2C(=O)O. The molecule has 2 aliphatic rings. The lowest BCUT2D eigenvalue weighted by Crippen LogP contribution is -2.36. The molecule has 0 aliphatic heterocycles. The van der Waals surface area contributed by atoms with Crippen LogP contribution in [0.15, 0.2) is 11.1 Å². The van der Waals surface area contributed by atoms with Crippen LogP contribution in [0.2, 0.25) is 0 Å². The van der Waals surface area contributed by atoms with Crippen molar-refractivity contribution in [1.82, 2.24) is 0 Å². The van der Waals surface area contributed by atoms with E-state index in [1.54, 1.807) is 0 Å². The van der Waals surface area contributed by atoms with E-state index in [2.05, 4.69) is 27.7 Å². The summed E-state index contributed by atoms with van der Waals surface area (Å²) in [5.74, 6) is -2.39. The van der Waals surface area contributed by atoms with Gasteiger partial charge in [-0.25, -0.2) is 0 Å². The van der Waals surface area contributed by atoms with E-state index < -0.39 is 23.8 Å². The molecule has 1 fully saturated rings. The first-order chi connectivity index (χ1) is 11.8. The fraction of sp³-hybridized carbons (Fsp3) is 0.810. The normalized spacial score (nSPS) is 30.6. The zero-order valence-electron chi connectivity index (χ0n) is 16.1. The van der Waals surface area contributed by atoms with Crippen LogP contribution in [0.1, 0.15) is 72.6 Å². The highest BCUT2D eigenvalue weighted by Crippen LogP contribution is 2.58. The molecule has 4 heteroatoms. The monoisotopic (exact) mass is 350 g/mol. The van der Waals surface area contributed by atoms with Crippen LogP contribution in [0.25, 0.3) is 0 Å². The Labute approximate surface area is 151 Å². The van der Waals surface area contributed by atoms with Crippen LogP contribution in [-0.4, -0.2) is 22.2 Å². The van der Waals surface area contributed by atoms with E-state index in [0.29, 0.717) is 11.8 Å². The molecule has 2 aliphatic carbocycles. The van der Waals surface area contributed by atoms with Crippen molar-refractivity contribution in [2.45, 2.75) is 72.6 Å². The second-order valence-electron chi connectivity index (χ2n) is 8.42. The molecule has 0 aromatic rings. The van der Waals surface area contributed by atoms with Gasteiger partial charge in [-0.05, 0) is 42.9 Å². The van der Waals surface area contributed by atoms with E-state index in [1.807, 2.05) is 0 Å². The molecule has 0 amide bonds. The third kappa shape index (κ3) is 4.09. The zero-order chi connectivity index (χ0) is 18.7. The topological polar surface area (TPSA) is 74.6 Å². The fourth-order valence-electron chi connectivity index (χ4n) is 5.42. The quantitative estimate of drug-likeness (QED) is 0.544. The van der Waals surface area contributed by atoms with Crippen LogP contribution >= 0.6 is 0 Å². The Kier molecular flexibility index (Phi) is 6.70. The summed E-state index contributed by atoms with van der Waals surface area (Å²) in [5.41, 5.74) is 2.61. The minimum atomic E-state index is -0.929. The molecule has 0 radical (unpaired) electrons. The van der Waals surface area contributed by atoms with E-state index in [0.717, 1.165) is 44.9 Å². The zero-order valence-corrected chi connectivity index (χ0v) is 16.1. The van der Waals surface area contributed by atoms with Gasteiger partial charge < -0.3 is 10.2 Å². The second kappa shape index (κ2) is 8.37. The average Bonchev–Trinajstić information content (AvgIpc) is 3.04. The number of aliphatic carboxylic acids is 2. The third-order valence-corrected chi connectivity index (χ3v) is 6.34. The van der Waals surface area contributed by atoms with Crippen molar-refractivity contribution in [2.75, 3.05) is 0 Å². The number of carbonyl (C=O) groups is 2. The summed E-state index contributed by atoms with van der Waals surface area (Å²) in [5, 5.41) is 19.4. The van der Waals surface area contributed by atoms with Crippen LogP contribution in [0.5, 0.6) is 0 Å². The van der Waals surface area contributed by atoms with E-state index in [-0.39, 0.29) is 11.8 Å². The fourth-order valence-corrected chi connectivity index (χ4v) is 5.42. The first-order valence-electron chi connectivity index (χ1n) is 9.99. The molecule has 4 nitrogen and oxygen atoms in total. The molecule has 2 rings (SSSR count). The van der Waals surface area contributed by atoms with Crippen molar-refractivity contribution in [3.63, 3.8) is 0 Å². The molecule has 0 heterocycles. The van der Waals surface area contributed by atoms with Crippen LogP contribution in [-0.2, 0) is 9.59 Å². The van der Waals surface area contributed by atoms with Crippen molar-refractivity contribution in [2.24, 2.45) is 35.5 Å². The number of fused-ring (bicyclic) bond motifs is 2. The summed E-state index contributed by atoms with van der Waals surface area (Å²) in [6, 6.07) is 0. The van der Waals surface area contributed by atoms with Crippen LogP contribution in [0.4, 0.5) is 0 Å². The molecular formula is C21H34O4. The van der Waals surface area contributed by atoms with Gasteiger partial charge in [-0.3, -0.25) is 9.59 Å². The molecule has 142 valence electrons. The van der Waals surface area contributed by atoms with Crippen molar-refractivity contribution in [3.8, 4) is 0 Å². The van der Waals surface area contributed by atoms with Gasteiger partial charge in [0.25, 0.3) is 0 Å². The Morgan fingerprint density at radius 1 is 0.880 bits per heavy atom. The number of hydrogen-bond acceptors (Lipinski definition) is 2. The van der Waals surface area contributed by atoms with Crippen molar-refractivity contribution in [3.05, 3.63) is 11.1 Å². The molecule has 0 saturated heterocycles.